The molecule has 0 amide bonds. The minimum Gasteiger partial charge on any atom is -0.562 e. The smallest absolute Gasteiger partial charge is 0.562 e. The fourth-order valence-electron chi connectivity index (χ4n) is 0. The zero-order valence-corrected chi connectivity index (χ0v) is 5.93. The van der Waals surface area contributed by atoms with E-state index in [0.717, 1.165) is 0 Å². The van der Waals surface area contributed by atoms with Gasteiger partial charge in [0.25, 0.3) is 0 Å². The van der Waals surface area contributed by atoms with Crippen LogP contribution in [0.5, 0.6) is 0 Å². The summed E-state index contributed by atoms with van der Waals surface area (Å²) in [5.74, 6) is -1.09. The third kappa shape index (κ3) is 8.85. The molecule has 2 nitrogen and oxygen atoms in total. The number of rotatable bonds is 1. The average molecular weight is 160 g/mol. The Balaban J connectivity index is 0. The van der Waals surface area contributed by atoms with E-state index in [-0.39, 0.29) is 32.7 Å². The minimum absolute atomic E-state index is 0. The second-order valence-electron chi connectivity index (χ2n) is 0.505. The van der Waals surface area contributed by atoms with Crippen molar-refractivity contribution >= 4 is 5.97 Å². The first-order chi connectivity index (χ1) is 2.27. The first kappa shape index (κ1) is 9.58. The predicted octanol–water partition coefficient (Wildman–Crippen LogP) is 0.0577. The molecule has 0 atom stereocenters. The molecule has 0 aromatic carbocycles. The van der Waals surface area contributed by atoms with Crippen LogP contribution in [0.1, 0.15) is 0 Å². The summed E-state index contributed by atoms with van der Waals surface area (Å²) in [7, 11) is 0. The van der Waals surface area contributed by atoms with E-state index in [1.807, 2.05) is 0 Å². The molecular weight excluding hydrogens is 157 g/mol. The zero-order valence-electron chi connectivity index (χ0n) is 3.09. The number of carboxylic acid groups (broad SMARTS) is 1. The molecule has 28 valence electrons. The molecule has 0 aliphatic heterocycles. The molecule has 0 saturated heterocycles. The minimum atomic E-state index is -1.09. The van der Waals surface area contributed by atoms with Gasteiger partial charge >= 0.3 is 32.7 Å². The van der Waals surface area contributed by atoms with Gasteiger partial charge in [0.15, 0.2) is 5.97 Å². The second-order valence-corrected chi connectivity index (χ2v) is 0.505. The maximum atomic E-state index is 9.19. The van der Waals surface area contributed by atoms with Crippen LogP contribution in [0.4, 0.5) is 0 Å². The molecule has 0 bridgehead atoms. The first-order valence-corrected chi connectivity index (χ1v) is 1.05. The van der Waals surface area contributed by atoms with Gasteiger partial charge in [0.05, 0.1) is 0 Å². The molecule has 0 spiro atoms. The van der Waals surface area contributed by atoms with E-state index < -0.39 is 5.97 Å². The molecule has 0 fully saturated rings. The van der Waals surface area contributed by atoms with Gasteiger partial charge in [0.2, 0.25) is 0 Å². The van der Waals surface area contributed by atoms with E-state index in [1.165, 1.54) is 0 Å². The Bertz CT molecular complexity index is 59.8. The molecule has 6 heavy (non-hydrogen) atoms. The van der Waals surface area contributed by atoms with Gasteiger partial charge in [-0.25, -0.2) is 0 Å². The summed E-state index contributed by atoms with van der Waals surface area (Å²) in [6, 6.07) is 0. The van der Waals surface area contributed by atoms with Crippen molar-refractivity contribution in [2.45, 2.75) is 0 Å². The van der Waals surface area contributed by atoms with Crippen LogP contribution < -0.4 is 0 Å². The molecule has 0 aromatic heterocycles. The van der Waals surface area contributed by atoms with Crippen LogP contribution >= 0.6 is 0 Å². The van der Waals surface area contributed by atoms with Crippen molar-refractivity contribution in [3.8, 4) is 0 Å². The standard InChI is InChI=1S/C3H3O2.Y/c1-2-3(4)5;/h1-2H,(H,4,5);/q-1;+3. The van der Waals surface area contributed by atoms with Crippen LogP contribution in [-0.4, -0.2) is 11.1 Å². The Morgan fingerprint density at radius 3 is 2.00 bits per heavy atom. The molecule has 0 radical (unpaired) electrons. The molecule has 0 heterocycles. The fourth-order valence-corrected chi connectivity index (χ4v) is 0. The van der Waals surface area contributed by atoms with Gasteiger partial charge in [0.1, 0.15) is 0 Å². The Hall–Kier alpha value is 0.314. The summed E-state index contributed by atoms with van der Waals surface area (Å²) in [5, 5.41) is 7.54. The van der Waals surface area contributed by atoms with Gasteiger partial charge in [-0.15, -0.1) is 0 Å². The Kier molecular flexibility index (Phi) is 8.48. The van der Waals surface area contributed by atoms with Crippen molar-refractivity contribution in [1.29, 1.82) is 0 Å². The van der Waals surface area contributed by atoms with Crippen molar-refractivity contribution in [2.24, 2.45) is 0 Å². The topological polar surface area (TPSA) is 37.3 Å². The van der Waals surface area contributed by atoms with E-state index in [4.69, 9.17) is 5.11 Å². The van der Waals surface area contributed by atoms with Crippen LogP contribution in [0.25, 0.3) is 0 Å². The van der Waals surface area contributed by atoms with Gasteiger partial charge in [-0.05, 0) is 0 Å². The molecule has 3 heteroatoms. The molecule has 0 unspecified atom stereocenters. The molecule has 0 aliphatic carbocycles. The van der Waals surface area contributed by atoms with E-state index >= 15 is 0 Å². The quantitative estimate of drug-likeness (QED) is 0.434. The van der Waals surface area contributed by atoms with Gasteiger partial charge in [-0.3, -0.25) is 6.58 Å². The van der Waals surface area contributed by atoms with Crippen LogP contribution in [0.3, 0.4) is 0 Å². The van der Waals surface area contributed by atoms with Crippen LogP contribution in [0, 0.1) is 6.58 Å². The Labute approximate surface area is 61.1 Å². The third-order valence-electron chi connectivity index (χ3n) is 0.143. The summed E-state index contributed by atoms with van der Waals surface area (Å²) >= 11 is 0. The molecule has 0 aromatic rings. The summed E-state index contributed by atoms with van der Waals surface area (Å²) in [6.45, 7) is 4.45. The second kappa shape index (κ2) is 5.31. The van der Waals surface area contributed by atoms with Gasteiger partial charge in [-0.2, -0.15) is 6.08 Å². The van der Waals surface area contributed by atoms with Gasteiger partial charge in [0, 0.05) is 0 Å². The molecule has 0 aliphatic rings. The Morgan fingerprint density at radius 1 is 1.83 bits per heavy atom. The van der Waals surface area contributed by atoms with Crippen LogP contribution in [0.15, 0.2) is 6.08 Å². The van der Waals surface area contributed by atoms with Crippen molar-refractivity contribution in [3.63, 3.8) is 0 Å². The summed E-state index contributed by atoms with van der Waals surface area (Å²) in [6.07, 6.45) is 0.583. The molecule has 1 N–H and O–H groups in total. The average Bonchev–Trinajstić information content (AvgIpc) is 1.38. The summed E-state index contributed by atoms with van der Waals surface area (Å²) in [4.78, 5) is 9.19. The predicted molar refractivity (Wildman–Crippen MR) is 16.5 cm³/mol. The van der Waals surface area contributed by atoms with E-state index in [0.29, 0.717) is 6.08 Å². The SMILES string of the molecule is [CH-]=CC(=O)O.[Y+3]. The number of hydrogen-bond donors (Lipinski definition) is 1. The normalized spacial score (nSPS) is 5.33. The number of carbonyl (C=O) groups is 1. The van der Waals surface area contributed by atoms with Crippen LogP contribution in [-0.2, 0) is 37.5 Å². The summed E-state index contributed by atoms with van der Waals surface area (Å²) in [5.41, 5.74) is 0. The monoisotopic (exact) mass is 160 g/mol. The van der Waals surface area contributed by atoms with E-state index in [1.54, 1.807) is 0 Å². The molecule has 0 rings (SSSR count). The van der Waals surface area contributed by atoms with E-state index in [2.05, 4.69) is 6.58 Å². The molecule has 0 saturated carbocycles. The number of aliphatic carboxylic acids is 1. The maximum absolute atomic E-state index is 9.19. The fraction of sp³-hybridized carbons (Fsp3) is 0. The largest absolute Gasteiger partial charge is 3.00 e. The first-order valence-electron chi connectivity index (χ1n) is 1.05. The maximum Gasteiger partial charge on any atom is 3.00 e. The number of hydrogen-bond acceptors (Lipinski definition) is 1. The molecular formula is C3H3O2Y+2. The van der Waals surface area contributed by atoms with E-state index in [9.17, 15) is 4.79 Å². The van der Waals surface area contributed by atoms with Crippen molar-refractivity contribution in [1.82, 2.24) is 0 Å². The Morgan fingerprint density at radius 2 is 2.00 bits per heavy atom. The van der Waals surface area contributed by atoms with Crippen molar-refractivity contribution < 1.29 is 42.6 Å². The summed E-state index contributed by atoms with van der Waals surface area (Å²) < 4.78 is 0. The third-order valence-corrected chi connectivity index (χ3v) is 0.143. The van der Waals surface area contributed by atoms with Gasteiger partial charge in [-0.1, -0.05) is 0 Å². The van der Waals surface area contributed by atoms with Crippen LogP contribution in [0.2, 0.25) is 0 Å². The van der Waals surface area contributed by atoms with Gasteiger partial charge < -0.3 is 9.90 Å². The van der Waals surface area contributed by atoms with Crippen molar-refractivity contribution in [3.05, 3.63) is 12.7 Å². The zero-order chi connectivity index (χ0) is 4.28. The number of carboxylic acids is 1. The van der Waals surface area contributed by atoms with Crippen molar-refractivity contribution in [2.75, 3.05) is 0 Å².